The standard InChI is InChI=1S/C19H31N9O11/c20-8(1-11(21)30)17(37)25-3-13(32)23-5-15(34)27-10(7-29)19(39)28-9(2-12(22)31)18(38)26-4-14(33)24-6-16(35)36/h8-10,29H,1-7,20H2,(H2,21,30)(H2,22,31)(H,23,32)(H,24,33)(H,25,37)(H,26,38)(H,27,34)(H,28,39)(H,35,36)/t8-,9-,10-/m0/s1. The maximum absolute atomic E-state index is 12.4. The molecule has 20 heteroatoms. The van der Waals surface area contributed by atoms with E-state index in [9.17, 15) is 48.3 Å². The Kier molecular flexibility index (Phi) is 15.4. The van der Waals surface area contributed by atoms with Crippen LogP contribution in [0.15, 0.2) is 0 Å². The molecular formula is C19H31N9O11. The zero-order valence-electron chi connectivity index (χ0n) is 20.5. The van der Waals surface area contributed by atoms with Gasteiger partial charge in [0.05, 0.1) is 45.1 Å². The van der Waals surface area contributed by atoms with E-state index in [0.717, 1.165) is 0 Å². The molecule has 0 aliphatic heterocycles. The lowest BCUT2D eigenvalue weighted by Crippen LogP contribution is -2.57. The number of primary amides is 2. The number of carboxylic acid groups (broad SMARTS) is 1. The van der Waals surface area contributed by atoms with Crippen molar-refractivity contribution in [2.24, 2.45) is 17.2 Å². The first-order chi connectivity index (χ1) is 18.2. The molecule has 0 spiro atoms. The van der Waals surface area contributed by atoms with E-state index in [1.807, 2.05) is 5.32 Å². The predicted molar refractivity (Wildman–Crippen MR) is 126 cm³/mol. The summed E-state index contributed by atoms with van der Waals surface area (Å²) in [7, 11) is 0. The fourth-order valence-corrected chi connectivity index (χ4v) is 2.50. The molecule has 8 amide bonds. The van der Waals surface area contributed by atoms with Crippen LogP contribution < -0.4 is 49.1 Å². The minimum Gasteiger partial charge on any atom is -0.480 e. The topological polar surface area (TPSA) is 344 Å². The molecular weight excluding hydrogens is 530 g/mol. The van der Waals surface area contributed by atoms with Crippen LogP contribution in [0.4, 0.5) is 0 Å². The maximum atomic E-state index is 12.4. The molecule has 0 aromatic carbocycles. The maximum Gasteiger partial charge on any atom is 0.322 e. The molecule has 0 saturated carbocycles. The van der Waals surface area contributed by atoms with Crippen molar-refractivity contribution in [1.82, 2.24) is 31.9 Å². The van der Waals surface area contributed by atoms with Crippen LogP contribution in [-0.4, -0.2) is 114 Å². The van der Waals surface area contributed by atoms with E-state index in [-0.39, 0.29) is 0 Å². The summed E-state index contributed by atoms with van der Waals surface area (Å²) in [4.78, 5) is 104. The van der Waals surface area contributed by atoms with E-state index in [4.69, 9.17) is 22.3 Å². The molecule has 14 N–H and O–H groups in total. The molecule has 3 atom stereocenters. The summed E-state index contributed by atoms with van der Waals surface area (Å²) in [6.07, 6.45) is -1.18. The Labute approximate surface area is 220 Å². The minimum absolute atomic E-state index is 0.454. The number of aliphatic hydroxyl groups excluding tert-OH is 1. The molecule has 0 aliphatic carbocycles. The number of hydrogen-bond acceptors (Lipinski definition) is 11. The fraction of sp³-hybridized carbons (Fsp3) is 0.526. The molecule has 39 heavy (non-hydrogen) atoms. The lowest BCUT2D eigenvalue weighted by molar-refractivity contribution is -0.138. The average molecular weight is 562 g/mol. The van der Waals surface area contributed by atoms with Crippen molar-refractivity contribution in [3.63, 3.8) is 0 Å². The Morgan fingerprint density at radius 1 is 0.590 bits per heavy atom. The summed E-state index contributed by atoms with van der Waals surface area (Å²) < 4.78 is 0. The largest absolute Gasteiger partial charge is 0.480 e. The van der Waals surface area contributed by atoms with Gasteiger partial charge in [0.2, 0.25) is 47.3 Å². The van der Waals surface area contributed by atoms with E-state index in [1.165, 1.54) is 0 Å². The number of carboxylic acids is 1. The van der Waals surface area contributed by atoms with Crippen molar-refractivity contribution < 1.29 is 53.4 Å². The number of carbonyl (C=O) groups excluding carboxylic acids is 8. The number of nitrogens with two attached hydrogens (primary N) is 3. The van der Waals surface area contributed by atoms with Crippen molar-refractivity contribution in [2.45, 2.75) is 31.0 Å². The van der Waals surface area contributed by atoms with Crippen molar-refractivity contribution in [3.05, 3.63) is 0 Å². The Balaban J connectivity index is 4.82. The molecule has 0 aliphatic rings. The number of carbonyl (C=O) groups is 9. The molecule has 0 aromatic heterocycles. The van der Waals surface area contributed by atoms with Crippen LogP contribution in [0, 0.1) is 0 Å². The lowest BCUT2D eigenvalue weighted by Gasteiger charge is -2.21. The number of aliphatic hydroxyl groups is 1. The first kappa shape index (κ1) is 34.1. The molecule has 0 radical (unpaired) electrons. The first-order valence-corrected chi connectivity index (χ1v) is 11.0. The van der Waals surface area contributed by atoms with E-state index in [1.54, 1.807) is 0 Å². The van der Waals surface area contributed by atoms with Crippen molar-refractivity contribution >= 4 is 53.2 Å². The average Bonchev–Trinajstić information content (AvgIpc) is 2.84. The quantitative estimate of drug-likeness (QED) is 0.0743. The smallest absolute Gasteiger partial charge is 0.322 e. The third-order valence-electron chi connectivity index (χ3n) is 4.36. The molecule has 0 aromatic rings. The molecule has 0 saturated heterocycles. The van der Waals surface area contributed by atoms with Crippen LogP contribution in [0.2, 0.25) is 0 Å². The van der Waals surface area contributed by atoms with Gasteiger partial charge in [0.25, 0.3) is 0 Å². The predicted octanol–water partition coefficient (Wildman–Crippen LogP) is -8.42. The van der Waals surface area contributed by atoms with E-state index >= 15 is 0 Å². The second-order valence-corrected chi connectivity index (χ2v) is 7.69. The number of amides is 8. The third kappa shape index (κ3) is 15.8. The Morgan fingerprint density at radius 3 is 1.56 bits per heavy atom. The molecule has 0 unspecified atom stereocenters. The molecule has 0 bridgehead atoms. The summed E-state index contributed by atoms with van der Waals surface area (Å²) in [5.41, 5.74) is 15.4. The van der Waals surface area contributed by atoms with E-state index < -0.39 is 117 Å². The van der Waals surface area contributed by atoms with Crippen LogP contribution in [0.1, 0.15) is 12.8 Å². The van der Waals surface area contributed by atoms with Crippen LogP contribution in [0.3, 0.4) is 0 Å². The normalized spacial score (nSPS) is 12.5. The van der Waals surface area contributed by atoms with E-state index in [0.29, 0.717) is 0 Å². The van der Waals surface area contributed by atoms with Crippen LogP contribution in [-0.2, 0) is 43.2 Å². The van der Waals surface area contributed by atoms with Crippen LogP contribution >= 0.6 is 0 Å². The number of aliphatic carboxylic acids is 1. The Hall–Kier alpha value is -4.85. The lowest BCUT2D eigenvalue weighted by atomic mass is 10.1. The highest BCUT2D eigenvalue weighted by Crippen LogP contribution is 1.95. The van der Waals surface area contributed by atoms with Crippen molar-refractivity contribution in [3.8, 4) is 0 Å². The van der Waals surface area contributed by atoms with Gasteiger partial charge < -0.3 is 59.3 Å². The Morgan fingerprint density at radius 2 is 1.08 bits per heavy atom. The second-order valence-electron chi connectivity index (χ2n) is 7.69. The van der Waals surface area contributed by atoms with Crippen LogP contribution in [0.25, 0.3) is 0 Å². The summed E-state index contributed by atoms with van der Waals surface area (Å²) in [5, 5.41) is 30.3. The van der Waals surface area contributed by atoms with Gasteiger partial charge in [-0.25, -0.2) is 0 Å². The van der Waals surface area contributed by atoms with Gasteiger partial charge in [0, 0.05) is 0 Å². The van der Waals surface area contributed by atoms with Gasteiger partial charge in [-0.05, 0) is 0 Å². The SMILES string of the molecule is NC(=O)C[C@H](NC(=O)[C@H](CO)NC(=O)CNC(=O)CNC(=O)[C@@H](N)CC(N)=O)C(=O)NCC(=O)NCC(=O)O. The van der Waals surface area contributed by atoms with Gasteiger partial charge >= 0.3 is 5.97 Å². The minimum atomic E-state index is -1.65. The van der Waals surface area contributed by atoms with Gasteiger partial charge in [-0.1, -0.05) is 0 Å². The third-order valence-corrected chi connectivity index (χ3v) is 4.36. The Bertz CT molecular complexity index is 973. The fourth-order valence-electron chi connectivity index (χ4n) is 2.50. The molecule has 0 fully saturated rings. The molecule has 0 rings (SSSR count). The molecule has 218 valence electrons. The summed E-state index contributed by atoms with van der Waals surface area (Å²) in [6.45, 7) is -3.70. The number of rotatable bonds is 18. The van der Waals surface area contributed by atoms with Gasteiger partial charge in [0.1, 0.15) is 18.6 Å². The van der Waals surface area contributed by atoms with Gasteiger partial charge in [-0.3, -0.25) is 43.2 Å². The highest BCUT2D eigenvalue weighted by Gasteiger charge is 2.28. The van der Waals surface area contributed by atoms with Crippen molar-refractivity contribution in [2.75, 3.05) is 32.8 Å². The van der Waals surface area contributed by atoms with Crippen LogP contribution in [0.5, 0.6) is 0 Å². The van der Waals surface area contributed by atoms with E-state index in [2.05, 4.69) is 26.6 Å². The van der Waals surface area contributed by atoms with Gasteiger partial charge in [-0.2, -0.15) is 0 Å². The summed E-state index contributed by atoms with van der Waals surface area (Å²) in [5.74, 6) is -8.93. The van der Waals surface area contributed by atoms with Crippen molar-refractivity contribution in [1.29, 1.82) is 0 Å². The number of hydrogen-bond donors (Lipinski definition) is 11. The number of nitrogens with one attached hydrogen (secondary N) is 6. The van der Waals surface area contributed by atoms with Gasteiger partial charge in [0.15, 0.2) is 0 Å². The first-order valence-electron chi connectivity index (χ1n) is 11.0. The molecule has 0 heterocycles. The highest BCUT2D eigenvalue weighted by molar-refractivity contribution is 5.96. The highest BCUT2D eigenvalue weighted by atomic mass is 16.4. The molecule has 20 nitrogen and oxygen atoms in total. The zero-order valence-corrected chi connectivity index (χ0v) is 20.5. The van der Waals surface area contributed by atoms with Gasteiger partial charge in [-0.15, -0.1) is 0 Å². The summed E-state index contributed by atoms with van der Waals surface area (Å²) in [6, 6.07) is -4.56. The second kappa shape index (κ2) is 17.6. The zero-order chi connectivity index (χ0) is 30.1. The monoisotopic (exact) mass is 561 g/mol. The summed E-state index contributed by atoms with van der Waals surface area (Å²) >= 11 is 0.